The summed E-state index contributed by atoms with van der Waals surface area (Å²) in [6.07, 6.45) is 9.95. The minimum atomic E-state index is -0.0629. The van der Waals surface area contributed by atoms with Crippen LogP contribution < -0.4 is 5.73 Å². The van der Waals surface area contributed by atoms with Gasteiger partial charge in [0.2, 0.25) is 0 Å². The normalized spacial score (nSPS) is 31.2. The predicted octanol–water partition coefficient (Wildman–Crippen LogP) is 3.01. The third-order valence-electron chi connectivity index (χ3n) is 4.52. The van der Waals surface area contributed by atoms with Gasteiger partial charge >= 0.3 is 0 Å². The molecule has 2 aliphatic rings. The first-order valence-electron chi connectivity index (χ1n) is 7.57. The van der Waals surface area contributed by atoms with E-state index in [-0.39, 0.29) is 17.3 Å². The Hall–Kier alpha value is -0.120. The van der Waals surface area contributed by atoms with Crippen molar-refractivity contribution in [2.45, 2.75) is 82.5 Å². The van der Waals surface area contributed by atoms with Gasteiger partial charge in [-0.15, -0.1) is 0 Å². The highest BCUT2D eigenvalue weighted by Gasteiger charge is 2.35. The summed E-state index contributed by atoms with van der Waals surface area (Å²) in [5.41, 5.74) is 5.95. The second-order valence-corrected chi connectivity index (χ2v) is 6.65. The lowest BCUT2D eigenvalue weighted by Crippen LogP contribution is -2.42. The summed E-state index contributed by atoms with van der Waals surface area (Å²) in [6, 6.07) is 0. The minimum Gasteiger partial charge on any atom is -0.371 e. The van der Waals surface area contributed by atoms with Crippen molar-refractivity contribution in [3.05, 3.63) is 0 Å². The van der Waals surface area contributed by atoms with E-state index in [1.54, 1.807) is 0 Å². The molecule has 2 N–H and O–H groups in total. The highest BCUT2D eigenvalue weighted by molar-refractivity contribution is 4.86. The van der Waals surface area contributed by atoms with Crippen molar-refractivity contribution in [2.75, 3.05) is 13.2 Å². The van der Waals surface area contributed by atoms with Crippen LogP contribution in [0, 0.1) is 0 Å². The van der Waals surface area contributed by atoms with Gasteiger partial charge in [-0.2, -0.15) is 0 Å². The summed E-state index contributed by atoms with van der Waals surface area (Å²) in [4.78, 5) is 0. The molecule has 0 spiro atoms. The van der Waals surface area contributed by atoms with E-state index in [0.717, 1.165) is 32.3 Å². The molecule has 106 valence electrons. The molecule has 0 aromatic carbocycles. The molecule has 1 saturated carbocycles. The van der Waals surface area contributed by atoms with Crippen LogP contribution in [0.15, 0.2) is 0 Å². The van der Waals surface area contributed by atoms with Gasteiger partial charge in [-0.3, -0.25) is 0 Å². The van der Waals surface area contributed by atoms with E-state index in [1.165, 1.54) is 25.7 Å². The first-order chi connectivity index (χ1) is 8.55. The topological polar surface area (TPSA) is 44.5 Å². The van der Waals surface area contributed by atoms with E-state index >= 15 is 0 Å². The molecule has 0 radical (unpaired) electrons. The fourth-order valence-corrected chi connectivity index (χ4v) is 3.24. The van der Waals surface area contributed by atoms with Crippen molar-refractivity contribution in [3.8, 4) is 0 Å². The summed E-state index contributed by atoms with van der Waals surface area (Å²) in [6.45, 7) is 5.71. The second kappa shape index (κ2) is 5.89. The van der Waals surface area contributed by atoms with Crippen molar-refractivity contribution in [3.63, 3.8) is 0 Å². The van der Waals surface area contributed by atoms with E-state index in [2.05, 4.69) is 13.8 Å². The van der Waals surface area contributed by atoms with Gasteiger partial charge in [0.15, 0.2) is 0 Å². The molecular formula is C15H29NO2. The zero-order valence-electron chi connectivity index (χ0n) is 12.0. The fraction of sp³-hybridized carbons (Fsp3) is 1.00. The van der Waals surface area contributed by atoms with Gasteiger partial charge in [0, 0.05) is 6.54 Å². The maximum absolute atomic E-state index is 6.23. The molecule has 1 aliphatic carbocycles. The average molecular weight is 255 g/mol. The lowest BCUT2D eigenvalue weighted by molar-refractivity contribution is -0.110. The highest BCUT2D eigenvalue weighted by atomic mass is 16.6. The van der Waals surface area contributed by atoms with E-state index < -0.39 is 0 Å². The van der Waals surface area contributed by atoms with Crippen LogP contribution in [0.1, 0.15) is 65.2 Å². The van der Waals surface area contributed by atoms with E-state index in [1.807, 2.05) is 0 Å². The van der Waals surface area contributed by atoms with Crippen LogP contribution in [0.3, 0.4) is 0 Å². The molecule has 0 aromatic rings. The van der Waals surface area contributed by atoms with Crippen LogP contribution in [0.2, 0.25) is 0 Å². The van der Waals surface area contributed by atoms with Crippen LogP contribution in [0.4, 0.5) is 0 Å². The summed E-state index contributed by atoms with van der Waals surface area (Å²) in [5, 5.41) is 0. The third kappa shape index (κ3) is 3.69. The Labute approximate surface area is 111 Å². The van der Waals surface area contributed by atoms with Crippen molar-refractivity contribution in [1.82, 2.24) is 0 Å². The molecular weight excluding hydrogens is 226 g/mol. The monoisotopic (exact) mass is 255 g/mol. The zero-order chi connectivity index (χ0) is 13.1. The number of hydrogen-bond acceptors (Lipinski definition) is 3. The summed E-state index contributed by atoms with van der Waals surface area (Å²) < 4.78 is 12.2. The van der Waals surface area contributed by atoms with E-state index in [4.69, 9.17) is 15.2 Å². The largest absolute Gasteiger partial charge is 0.371 e. The van der Waals surface area contributed by atoms with Gasteiger partial charge in [0.25, 0.3) is 0 Å². The molecule has 2 fully saturated rings. The van der Waals surface area contributed by atoms with Gasteiger partial charge in [0.1, 0.15) is 0 Å². The summed E-state index contributed by atoms with van der Waals surface area (Å²) >= 11 is 0. The third-order valence-corrected chi connectivity index (χ3v) is 4.52. The first kappa shape index (κ1) is 14.3. The fourth-order valence-electron chi connectivity index (χ4n) is 3.24. The molecule has 1 atom stereocenters. The Morgan fingerprint density at radius 2 is 1.78 bits per heavy atom. The van der Waals surface area contributed by atoms with E-state index in [0.29, 0.717) is 6.54 Å². The van der Waals surface area contributed by atoms with E-state index in [9.17, 15) is 0 Å². The molecule has 1 saturated heterocycles. The van der Waals surface area contributed by atoms with Crippen LogP contribution >= 0.6 is 0 Å². The van der Waals surface area contributed by atoms with Gasteiger partial charge < -0.3 is 15.2 Å². The lowest BCUT2D eigenvalue weighted by atomic mass is 9.94. The Bertz CT molecular complexity index is 257. The molecule has 3 heteroatoms. The maximum Gasteiger partial charge on any atom is 0.0817 e. The van der Waals surface area contributed by atoms with Crippen LogP contribution in [-0.2, 0) is 9.47 Å². The van der Waals surface area contributed by atoms with Crippen molar-refractivity contribution in [2.24, 2.45) is 5.73 Å². The average Bonchev–Trinajstić information content (AvgIpc) is 2.56. The van der Waals surface area contributed by atoms with Gasteiger partial charge in [-0.1, -0.05) is 25.7 Å². The van der Waals surface area contributed by atoms with Crippen molar-refractivity contribution < 1.29 is 9.47 Å². The minimum absolute atomic E-state index is 0.0351. The molecule has 0 bridgehead atoms. The van der Waals surface area contributed by atoms with Crippen molar-refractivity contribution >= 4 is 0 Å². The SMILES string of the molecule is CC1(C)CCC(COC2(CN)CCCCCC2)O1. The first-order valence-corrected chi connectivity index (χ1v) is 7.57. The highest BCUT2D eigenvalue weighted by Crippen LogP contribution is 2.33. The van der Waals surface area contributed by atoms with Gasteiger partial charge in [-0.25, -0.2) is 0 Å². The van der Waals surface area contributed by atoms with Gasteiger partial charge in [0.05, 0.1) is 23.9 Å². The molecule has 0 amide bonds. The second-order valence-electron chi connectivity index (χ2n) is 6.65. The van der Waals surface area contributed by atoms with Crippen LogP contribution in [-0.4, -0.2) is 30.5 Å². The van der Waals surface area contributed by atoms with Crippen LogP contribution in [0.5, 0.6) is 0 Å². The molecule has 3 nitrogen and oxygen atoms in total. The Balaban J connectivity index is 1.83. The standard InChI is InChI=1S/C15H29NO2/c1-14(2)10-7-13(18-14)11-17-15(12-16)8-5-3-4-6-9-15/h13H,3-12,16H2,1-2H3. The Morgan fingerprint density at radius 1 is 1.11 bits per heavy atom. The smallest absolute Gasteiger partial charge is 0.0817 e. The molecule has 1 aliphatic heterocycles. The number of nitrogens with two attached hydrogens (primary N) is 1. The molecule has 2 rings (SSSR count). The number of ether oxygens (including phenoxy) is 2. The zero-order valence-corrected chi connectivity index (χ0v) is 12.0. The summed E-state index contributed by atoms with van der Waals surface area (Å²) in [7, 11) is 0. The maximum atomic E-state index is 6.23. The van der Waals surface area contributed by atoms with Gasteiger partial charge in [-0.05, 0) is 39.5 Å². The molecule has 18 heavy (non-hydrogen) atoms. The van der Waals surface area contributed by atoms with Crippen LogP contribution in [0.25, 0.3) is 0 Å². The Morgan fingerprint density at radius 3 is 2.28 bits per heavy atom. The predicted molar refractivity (Wildman–Crippen MR) is 73.6 cm³/mol. The number of rotatable bonds is 4. The quantitative estimate of drug-likeness (QED) is 0.785. The molecule has 0 aromatic heterocycles. The summed E-state index contributed by atoms with van der Waals surface area (Å²) in [5.74, 6) is 0. The molecule has 1 heterocycles. The Kier molecular flexibility index (Phi) is 4.68. The molecule has 1 unspecified atom stereocenters. The lowest BCUT2D eigenvalue weighted by Gasteiger charge is -2.33. The van der Waals surface area contributed by atoms with Crippen molar-refractivity contribution in [1.29, 1.82) is 0 Å². The number of hydrogen-bond donors (Lipinski definition) is 1.